The Bertz CT molecular complexity index is 213. The van der Waals surface area contributed by atoms with Gasteiger partial charge in [-0.15, -0.1) is 0 Å². The first-order valence-electron chi connectivity index (χ1n) is 1.40. The Morgan fingerprint density at radius 1 is 0.667 bits per heavy atom. The Morgan fingerprint density at radius 2 is 0.667 bits per heavy atom. The Labute approximate surface area is 98.8 Å². The van der Waals surface area contributed by atoms with Crippen molar-refractivity contribution >= 4 is 38.2 Å². The summed E-state index contributed by atoms with van der Waals surface area (Å²) in [5, 5.41) is 0. The molecule has 0 amide bonds. The molecule has 4 N–H and O–H groups in total. The van der Waals surface area contributed by atoms with Crippen LogP contribution in [0.5, 0.6) is 0 Å². The molecule has 74 valence electrons. The van der Waals surface area contributed by atoms with E-state index in [2.05, 4.69) is 0 Å². The third-order valence-electron chi connectivity index (χ3n) is 0. The van der Waals surface area contributed by atoms with E-state index in [1.807, 2.05) is 0 Å². The first-order chi connectivity index (χ1) is 4.00. The van der Waals surface area contributed by atoms with Crippen LogP contribution < -0.4 is 0 Å². The molecule has 0 aliphatic heterocycles. The summed E-state index contributed by atoms with van der Waals surface area (Å²) in [5.74, 6) is 0. The van der Waals surface area contributed by atoms with E-state index in [9.17, 15) is 0 Å². The van der Waals surface area contributed by atoms with E-state index in [1.165, 1.54) is 0 Å². The normalized spacial score (nSPS) is 9.67. The zero-order chi connectivity index (χ0) is 9.00. The van der Waals surface area contributed by atoms with Crippen molar-refractivity contribution in [2.75, 3.05) is 0 Å². The third-order valence-corrected chi connectivity index (χ3v) is 0. The Kier molecular flexibility index (Phi) is 16.9. The van der Waals surface area contributed by atoms with Gasteiger partial charge in [-0.2, -0.15) is 16.8 Å². The third kappa shape index (κ3) is 862. The molecule has 8 nitrogen and oxygen atoms in total. The van der Waals surface area contributed by atoms with Gasteiger partial charge in [-0.1, -0.05) is 0 Å². The van der Waals surface area contributed by atoms with Gasteiger partial charge in [-0.05, 0) is 0 Å². The second kappa shape index (κ2) is 8.74. The molecule has 0 saturated carbocycles. The van der Waals surface area contributed by atoms with Crippen molar-refractivity contribution in [1.29, 1.82) is 0 Å². The van der Waals surface area contributed by atoms with Crippen molar-refractivity contribution in [3.8, 4) is 0 Å². The molecule has 0 unspecified atom stereocenters. The van der Waals surface area contributed by atoms with E-state index in [1.54, 1.807) is 0 Å². The van der Waals surface area contributed by atoms with Gasteiger partial charge in [-0.3, -0.25) is 18.2 Å². The molecule has 0 bridgehead atoms. The molecular weight excluding hydrogens is 310 g/mol. The monoisotopic (exact) mass is 316 g/mol. The van der Waals surface area contributed by atoms with Crippen LogP contribution in [0.15, 0.2) is 0 Å². The largest absolute Gasteiger partial charge is 0.394 e. The van der Waals surface area contributed by atoms with Gasteiger partial charge >= 0.3 is 20.8 Å². The molecule has 12 heteroatoms. The molecule has 0 aromatic rings. The topological polar surface area (TPSA) is 149 Å². The number of hydrogen-bond donors (Lipinski definition) is 4. The quantitative estimate of drug-likeness (QED) is 0.283. The SMILES string of the molecule is O=S(=O)(O)O.O=S(=O)(O)O.[AlH3].[Zr]. The van der Waals surface area contributed by atoms with Crippen LogP contribution in [-0.2, 0) is 47.0 Å². The van der Waals surface area contributed by atoms with Crippen molar-refractivity contribution in [1.82, 2.24) is 0 Å². The molecule has 0 atom stereocenters. The van der Waals surface area contributed by atoms with Crippen LogP contribution in [-0.4, -0.2) is 52.4 Å². The van der Waals surface area contributed by atoms with E-state index in [4.69, 9.17) is 35.0 Å². The molecule has 0 saturated heterocycles. The van der Waals surface area contributed by atoms with Crippen molar-refractivity contribution in [3.63, 3.8) is 0 Å². The average Bonchev–Trinajstić information content (AvgIpc) is 1.12. The number of hydrogen-bond acceptors (Lipinski definition) is 4. The van der Waals surface area contributed by atoms with Gasteiger partial charge in [0.2, 0.25) is 0 Å². The predicted molar refractivity (Wildman–Crippen MR) is 38.3 cm³/mol. The van der Waals surface area contributed by atoms with Crippen molar-refractivity contribution < 1.29 is 61.3 Å². The summed E-state index contributed by atoms with van der Waals surface area (Å²) < 4.78 is 63.2. The van der Waals surface area contributed by atoms with E-state index in [-0.39, 0.29) is 43.6 Å². The zero-order valence-electron chi connectivity index (χ0n) is 4.74. The van der Waals surface area contributed by atoms with Crippen LogP contribution in [0.25, 0.3) is 0 Å². The molecule has 0 spiro atoms. The molecular formula is H7AlO8S2Zr. The van der Waals surface area contributed by atoms with E-state index in [0.29, 0.717) is 0 Å². The van der Waals surface area contributed by atoms with Crippen LogP contribution >= 0.6 is 0 Å². The minimum absolute atomic E-state index is 0. The maximum absolute atomic E-state index is 8.74. The fourth-order valence-electron chi connectivity index (χ4n) is 0. The molecule has 0 radical (unpaired) electrons. The Morgan fingerprint density at radius 3 is 0.667 bits per heavy atom. The van der Waals surface area contributed by atoms with Gasteiger partial charge in [0.25, 0.3) is 0 Å². The summed E-state index contributed by atoms with van der Waals surface area (Å²) in [6, 6.07) is 0. The maximum atomic E-state index is 8.74. The molecule has 0 aliphatic rings. The molecule has 0 fully saturated rings. The summed E-state index contributed by atoms with van der Waals surface area (Å²) in [6.07, 6.45) is 0. The van der Waals surface area contributed by atoms with Gasteiger partial charge in [0.15, 0.2) is 17.4 Å². The van der Waals surface area contributed by atoms with Crippen molar-refractivity contribution in [3.05, 3.63) is 0 Å². The smallest absolute Gasteiger partial charge is 0.264 e. The van der Waals surface area contributed by atoms with Gasteiger partial charge in [0.1, 0.15) is 0 Å². The molecule has 12 heavy (non-hydrogen) atoms. The van der Waals surface area contributed by atoms with Crippen LogP contribution in [0, 0.1) is 0 Å². The van der Waals surface area contributed by atoms with Crippen molar-refractivity contribution in [2.45, 2.75) is 0 Å². The predicted octanol–water partition coefficient (Wildman–Crippen LogP) is -2.49. The Hall–Kier alpha value is 1.16. The van der Waals surface area contributed by atoms with E-state index < -0.39 is 20.8 Å². The minimum Gasteiger partial charge on any atom is -0.264 e. The summed E-state index contributed by atoms with van der Waals surface area (Å²) in [7, 11) is -9.33. The minimum atomic E-state index is -4.67. The summed E-state index contributed by atoms with van der Waals surface area (Å²) in [6.45, 7) is 0. The van der Waals surface area contributed by atoms with Gasteiger partial charge in [-0.25, -0.2) is 0 Å². The molecule has 0 heterocycles. The summed E-state index contributed by atoms with van der Waals surface area (Å²) in [5.41, 5.74) is 0. The fourth-order valence-corrected chi connectivity index (χ4v) is 0. The molecule has 0 aliphatic carbocycles. The van der Waals surface area contributed by atoms with Crippen LogP contribution in [0.3, 0.4) is 0 Å². The van der Waals surface area contributed by atoms with Gasteiger partial charge in [0.05, 0.1) is 0 Å². The van der Waals surface area contributed by atoms with Crippen LogP contribution in [0.2, 0.25) is 0 Å². The van der Waals surface area contributed by atoms with Gasteiger partial charge < -0.3 is 0 Å². The second-order valence-corrected chi connectivity index (χ2v) is 2.69. The van der Waals surface area contributed by atoms with Gasteiger partial charge in [0, 0.05) is 26.2 Å². The zero-order valence-corrected chi connectivity index (χ0v) is 8.83. The fraction of sp³-hybridized carbons (Fsp3) is 0. The van der Waals surface area contributed by atoms with E-state index >= 15 is 0 Å². The first kappa shape index (κ1) is 23.2. The standard InChI is InChI=1S/Al.2H2O4S.Zr.3H/c;2*1-5(2,3)4;;;;/h;2*(H2,1,2,3,4);;;;. The maximum Gasteiger partial charge on any atom is 0.394 e. The van der Waals surface area contributed by atoms with E-state index in [0.717, 1.165) is 0 Å². The van der Waals surface area contributed by atoms with Crippen LogP contribution in [0.4, 0.5) is 0 Å². The molecule has 0 rings (SSSR count). The molecule has 0 aromatic carbocycles. The average molecular weight is 317 g/mol. The second-order valence-electron chi connectivity index (χ2n) is 0.896. The van der Waals surface area contributed by atoms with Crippen LogP contribution in [0.1, 0.15) is 0 Å². The summed E-state index contributed by atoms with van der Waals surface area (Å²) in [4.78, 5) is 0. The number of rotatable bonds is 0. The summed E-state index contributed by atoms with van der Waals surface area (Å²) >= 11 is 0. The Balaban J connectivity index is -0.0000000457. The van der Waals surface area contributed by atoms with Crippen molar-refractivity contribution in [2.24, 2.45) is 0 Å². The molecule has 0 aromatic heterocycles. The first-order valence-corrected chi connectivity index (χ1v) is 4.19.